The van der Waals surface area contributed by atoms with Gasteiger partial charge in [0.15, 0.2) is 11.7 Å². The second-order valence-corrected chi connectivity index (χ2v) is 5.41. The number of aromatic nitrogens is 1. The lowest BCUT2D eigenvalue weighted by Gasteiger charge is -2.21. The Hall–Kier alpha value is -0.790. The van der Waals surface area contributed by atoms with Gasteiger partial charge in [0.05, 0.1) is 12.2 Å². The van der Waals surface area contributed by atoms with Crippen LogP contribution in [0.3, 0.4) is 0 Å². The van der Waals surface area contributed by atoms with Gasteiger partial charge in [-0.15, -0.1) is 24.0 Å². The molecule has 1 rings (SSSR count). The van der Waals surface area contributed by atoms with E-state index in [9.17, 15) is 0 Å². The van der Waals surface area contributed by atoms with Gasteiger partial charge in [-0.3, -0.25) is 4.99 Å². The summed E-state index contributed by atoms with van der Waals surface area (Å²) in [5.41, 5.74) is 1.06. The normalized spacial score (nSPS) is 11.5. The van der Waals surface area contributed by atoms with E-state index in [4.69, 9.17) is 4.52 Å². The number of halogens is 1. The Morgan fingerprint density at radius 2 is 2.05 bits per heavy atom. The van der Waals surface area contributed by atoms with Gasteiger partial charge in [-0.1, -0.05) is 32.3 Å². The summed E-state index contributed by atoms with van der Waals surface area (Å²) < 4.78 is 5.42. The SMILES string of the molecule is CCCCN(C)C(=NC)NCc1cc(C(CC)CC)no1.I. The standard InChI is InChI=1S/C16H30N4O.HI/c1-6-9-10-20(5)16(17-4)18-12-14-11-15(19-21-14)13(7-2)8-3;/h11,13H,6-10,12H2,1-5H3,(H,17,18);1H. The molecule has 1 aromatic rings. The minimum absolute atomic E-state index is 0. The molecule has 22 heavy (non-hydrogen) atoms. The number of unbranched alkanes of at least 4 members (excludes halogenated alkanes) is 1. The maximum Gasteiger partial charge on any atom is 0.193 e. The lowest BCUT2D eigenvalue weighted by Crippen LogP contribution is -2.38. The largest absolute Gasteiger partial charge is 0.359 e. The highest BCUT2D eigenvalue weighted by Gasteiger charge is 2.13. The van der Waals surface area contributed by atoms with Gasteiger partial charge in [0.2, 0.25) is 0 Å². The van der Waals surface area contributed by atoms with Crippen molar-refractivity contribution in [2.45, 2.75) is 58.9 Å². The molecular formula is C16H31IN4O. The Morgan fingerprint density at radius 1 is 1.36 bits per heavy atom. The van der Waals surface area contributed by atoms with Crippen molar-refractivity contribution in [2.24, 2.45) is 4.99 Å². The molecule has 0 atom stereocenters. The van der Waals surface area contributed by atoms with Crippen LogP contribution in [0.1, 0.15) is 63.8 Å². The van der Waals surface area contributed by atoms with E-state index in [1.54, 1.807) is 7.05 Å². The molecule has 0 bridgehead atoms. The fourth-order valence-corrected chi connectivity index (χ4v) is 2.36. The highest BCUT2D eigenvalue weighted by atomic mass is 127. The second-order valence-electron chi connectivity index (χ2n) is 5.41. The minimum atomic E-state index is 0. The van der Waals surface area contributed by atoms with Gasteiger partial charge in [-0.05, 0) is 19.3 Å². The summed E-state index contributed by atoms with van der Waals surface area (Å²) in [4.78, 5) is 6.44. The van der Waals surface area contributed by atoms with Crippen LogP contribution >= 0.6 is 24.0 Å². The van der Waals surface area contributed by atoms with Crippen LogP contribution in [0.15, 0.2) is 15.6 Å². The van der Waals surface area contributed by atoms with Crippen LogP contribution in [-0.2, 0) is 6.54 Å². The van der Waals surface area contributed by atoms with Crippen LogP contribution in [0, 0.1) is 0 Å². The van der Waals surface area contributed by atoms with E-state index in [-0.39, 0.29) is 24.0 Å². The number of hydrogen-bond donors (Lipinski definition) is 1. The maximum atomic E-state index is 5.42. The molecule has 1 aromatic heterocycles. The van der Waals surface area contributed by atoms with Gasteiger partial charge in [-0.2, -0.15) is 0 Å². The molecule has 0 unspecified atom stereocenters. The highest BCUT2D eigenvalue weighted by molar-refractivity contribution is 14.0. The van der Waals surface area contributed by atoms with Crippen LogP contribution in [0.2, 0.25) is 0 Å². The molecule has 0 radical (unpaired) electrons. The molecule has 0 aliphatic carbocycles. The lowest BCUT2D eigenvalue weighted by molar-refractivity contribution is 0.365. The molecule has 6 heteroatoms. The molecule has 0 aromatic carbocycles. The summed E-state index contributed by atoms with van der Waals surface area (Å²) in [6.07, 6.45) is 4.54. The zero-order valence-corrected chi connectivity index (χ0v) is 16.9. The van der Waals surface area contributed by atoms with E-state index in [2.05, 4.69) is 54.3 Å². The van der Waals surface area contributed by atoms with Crippen LogP contribution in [-0.4, -0.2) is 36.7 Å². The van der Waals surface area contributed by atoms with E-state index in [0.717, 1.165) is 36.8 Å². The van der Waals surface area contributed by atoms with Gasteiger partial charge in [0, 0.05) is 32.6 Å². The first-order valence-corrected chi connectivity index (χ1v) is 8.03. The van der Waals surface area contributed by atoms with E-state index in [1.165, 1.54) is 12.8 Å². The van der Waals surface area contributed by atoms with Gasteiger partial charge in [-0.25, -0.2) is 0 Å². The second kappa shape index (κ2) is 11.7. The quantitative estimate of drug-likeness (QED) is 0.391. The van der Waals surface area contributed by atoms with Gasteiger partial charge in [0.1, 0.15) is 0 Å². The number of aliphatic imine (C=N–C) groups is 1. The van der Waals surface area contributed by atoms with Crippen LogP contribution in [0.4, 0.5) is 0 Å². The molecule has 1 heterocycles. The summed E-state index contributed by atoms with van der Waals surface area (Å²) in [6, 6.07) is 2.06. The number of hydrogen-bond acceptors (Lipinski definition) is 3. The highest BCUT2D eigenvalue weighted by Crippen LogP contribution is 2.22. The molecule has 0 aliphatic rings. The molecule has 1 N–H and O–H groups in total. The van der Waals surface area contributed by atoms with Gasteiger partial charge in [0.25, 0.3) is 0 Å². The molecule has 0 amide bonds. The maximum absolute atomic E-state index is 5.42. The number of nitrogens with one attached hydrogen (secondary N) is 1. The monoisotopic (exact) mass is 422 g/mol. The predicted octanol–water partition coefficient (Wildman–Crippen LogP) is 4.00. The number of guanidine groups is 1. The van der Waals surface area contributed by atoms with Crippen molar-refractivity contribution in [1.29, 1.82) is 0 Å². The van der Waals surface area contributed by atoms with Crippen molar-refractivity contribution >= 4 is 29.9 Å². The first-order chi connectivity index (χ1) is 10.2. The Balaban J connectivity index is 0.00000441. The summed E-state index contributed by atoms with van der Waals surface area (Å²) >= 11 is 0. The predicted molar refractivity (Wildman–Crippen MR) is 103 cm³/mol. The summed E-state index contributed by atoms with van der Waals surface area (Å²) in [5, 5.41) is 7.51. The minimum Gasteiger partial charge on any atom is -0.359 e. The Bertz CT molecular complexity index is 430. The average Bonchev–Trinajstić information content (AvgIpc) is 2.95. The fraction of sp³-hybridized carbons (Fsp3) is 0.750. The van der Waals surface area contributed by atoms with Crippen molar-refractivity contribution in [2.75, 3.05) is 20.6 Å². The molecule has 0 saturated carbocycles. The van der Waals surface area contributed by atoms with Crippen molar-refractivity contribution in [1.82, 2.24) is 15.4 Å². The van der Waals surface area contributed by atoms with E-state index >= 15 is 0 Å². The molecular weight excluding hydrogens is 391 g/mol. The third-order valence-corrected chi connectivity index (χ3v) is 3.82. The van der Waals surface area contributed by atoms with Crippen LogP contribution in [0.5, 0.6) is 0 Å². The zero-order valence-electron chi connectivity index (χ0n) is 14.6. The van der Waals surface area contributed by atoms with Crippen molar-refractivity contribution < 1.29 is 4.52 Å². The van der Waals surface area contributed by atoms with Gasteiger partial charge < -0.3 is 14.7 Å². The first kappa shape index (κ1) is 21.2. The van der Waals surface area contributed by atoms with E-state index in [0.29, 0.717) is 12.5 Å². The zero-order chi connectivity index (χ0) is 15.7. The fourth-order valence-electron chi connectivity index (χ4n) is 2.36. The Kier molecular flexibility index (Phi) is 11.3. The molecule has 5 nitrogen and oxygen atoms in total. The smallest absolute Gasteiger partial charge is 0.193 e. The Morgan fingerprint density at radius 3 is 2.59 bits per heavy atom. The summed E-state index contributed by atoms with van der Waals surface area (Å²) in [6.45, 7) is 8.19. The van der Waals surface area contributed by atoms with Crippen LogP contribution in [0.25, 0.3) is 0 Å². The Labute approximate surface area is 151 Å². The third kappa shape index (κ3) is 6.54. The van der Waals surface area contributed by atoms with Crippen LogP contribution < -0.4 is 5.32 Å². The summed E-state index contributed by atoms with van der Waals surface area (Å²) in [7, 11) is 3.86. The lowest BCUT2D eigenvalue weighted by atomic mass is 9.99. The average molecular weight is 422 g/mol. The molecule has 0 aliphatic heterocycles. The van der Waals surface area contributed by atoms with E-state index < -0.39 is 0 Å². The summed E-state index contributed by atoms with van der Waals surface area (Å²) in [5.74, 6) is 2.25. The third-order valence-electron chi connectivity index (χ3n) is 3.82. The molecule has 0 fully saturated rings. The number of rotatable bonds is 8. The number of nitrogens with zero attached hydrogens (tertiary/aromatic N) is 3. The van der Waals surface area contributed by atoms with Gasteiger partial charge >= 0.3 is 0 Å². The van der Waals surface area contributed by atoms with Crippen molar-refractivity contribution in [3.8, 4) is 0 Å². The van der Waals surface area contributed by atoms with Crippen molar-refractivity contribution in [3.05, 3.63) is 17.5 Å². The molecule has 0 saturated heterocycles. The topological polar surface area (TPSA) is 53.7 Å². The van der Waals surface area contributed by atoms with Crippen molar-refractivity contribution in [3.63, 3.8) is 0 Å². The first-order valence-electron chi connectivity index (χ1n) is 8.03. The molecule has 0 spiro atoms. The molecule has 128 valence electrons. The van der Waals surface area contributed by atoms with E-state index in [1.807, 2.05) is 0 Å².